The maximum absolute atomic E-state index is 11.8. The molecule has 3 aromatic rings. The number of nitrogens with zero attached hydrogens (tertiary/aromatic N) is 2. The van der Waals surface area contributed by atoms with Crippen LogP contribution in [0.2, 0.25) is 0 Å². The van der Waals surface area contributed by atoms with Gasteiger partial charge in [0.2, 0.25) is 11.8 Å². The van der Waals surface area contributed by atoms with E-state index < -0.39 is 0 Å². The zero-order valence-electron chi connectivity index (χ0n) is 13.5. The highest BCUT2D eigenvalue weighted by atomic mass is 16.3. The van der Waals surface area contributed by atoms with Gasteiger partial charge in [-0.05, 0) is 37.1 Å². The standard InChI is InChI=1S/C19H19N3O2/c1-12-10-14(19(20)23)13-6-2-4-8-16(13)22(12)11-18-21-15-7-3-5-9-17(15)24-18/h2-9,12,14H,10-11H2,1H3,(H2,20,23). The van der Waals surface area contributed by atoms with Crippen LogP contribution in [-0.4, -0.2) is 16.9 Å². The molecule has 1 amide bonds. The number of oxazole rings is 1. The zero-order valence-corrected chi connectivity index (χ0v) is 13.5. The van der Waals surface area contributed by atoms with Crippen molar-refractivity contribution in [3.8, 4) is 0 Å². The van der Waals surface area contributed by atoms with Gasteiger partial charge in [-0.3, -0.25) is 4.79 Å². The minimum atomic E-state index is -0.268. The quantitative estimate of drug-likeness (QED) is 0.804. The Bertz CT molecular complexity index is 869. The van der Waals surface area contributed by atoms with Crippen molar-refractivity contribution in [3.05, 3.63) is 60.0 Å². The van der Waals surface area contributed by atoms with E-state index in [1.165, 1.54) is 0 Å². The first-order chi connectivity index (χ1) is 11.6. The molecule has 2 unspecified atom stereocenters. The van der Waals surface area contributed by atoms with Gasteiger partial charge in [-0.2, -0.15) is 0 Å². The molecule has 0 spiro atoms. The lowest BCUT2D eigenvalue weighted by Gasteiger charge is -2.39. The van der Waals surface area contributed by atoms with Crippen molar-refractivity contribution in [2.75, 3.05) is 4.90 Å². The number of carbonyl (C=O) groups is 1. The summed E-state index contributed by atoms with van der Waals surface area (Å²) in [6.07, 6.45) is 0.701. The fourth-order valence-electron chi connectivity index (χ4n) is 3.52. The van der Waals surface area contributed by atoms with Crippen LogP contribution in [0.5, 0.6) is 0 Å². The highest BCUT2D eigenvalue weighted by Gasteiger charge is 2.33. The van der Waals surface area contributed by atoms with Gasteiger partial charge in [0.15, 0.2) is 5.58 Å². The summed E-state index contributed by atoms with van der Waals surface area (Å²) in [7, 11) is 0. The zero-order chi connectivity index (χ0) is 16.7. The molecular weight excluding hydrogens is 302 g/mol. The van der Waals surface area contributed by atoms with Crippen molar-refractivity contribution in [3.63, 3.8) is 0 Å². The van der Waals surface area contributed by atoms with Crippen molar-refractivity contribution in [2.24, 2.45) is 5.73 Å². The summed E-state index contributed by atoms with van der Waals surface area (Å²) in [6, 6.07) is 15.9. The number of hydrogen-bond acceptors (Lipinski definition) is 4. The van der Waals surface area contributed by atoms with E-state index in [2.05, 4.69) is 16.8 Å². The number of rotatable bonds is 3. The SMILES string of the molecule is CC1CC(C(N)=O)c2ccccc2N1Cc1nc2ccccc2o1. The largest absolute Gasteiger partial charge is 0.439 e. The molecule has 0 fully saturated rings. The van der Waals surface area contributed by atoms with Crippen molar-refractivity contribution in [1.82, 2.24) is 4.98 Å². The molecule has 2 N–H and O–H groups in total. The third-order valence-electron chi connectivity index (χ3n) is 4.72. The average Bonchev–Trinajstić information content (AvgIpc) is 2.99. The van der Waals surface area contributed by atoms with Crippen LogP contribution in [0, 0.1) is 0 Å². The van der Waals surface area contributed by atoms with Gasteiger partial charge in [-0.15, -0.1) is 0 Å². The van der Waals surface area contributed by atoms with Gasteiger partial charge < -0.3 is 15.1 Å². The third kappa shape index (κ3) is 2.42. The fourth-order valence-corrected chi connectivity index (χ4v) is 3.52. The number of hydrogen-bond donors (Lipinski definition) is 1. The van der Waals surface area contributed by atoms with E-state index >= 15 is 0 Å². The summed E-state index contributed by atoms with van der Waals surface area (Å²) in [6.45, 7) is 2.67. The minimum absolute atomic E-state index is 0.174. The van der Waals surface area contributed by atoms with Crippen LogP contribution in [0.3, 0.4) is 0 Å². The molecule has 2 atom stereocenters. The molecule has 5 heteroatoms. The third-order valence-corrected chi connectivity index (χ3v) is 4.72. The number of benzene rings is 2. The summed E-state index contributed by atoms with van der Waals surface area (Å²) >= 11 is 0. The summed E-state index contributed by atoms with van der Waals surface area (Å²) in [4.78, 5) is 18.6. The van der Waals surface area contributed by atoms with Crippen LogP contribution in [-0.2, 0) is 11.3 Å². The number of fused-ring (bicyclic) bond motifs is 2. The molecular formula is C19H19N3O2. The van der Waals surface area contributed by atoms with E-state index in [-0.39, 0.29) is 17.9 Å². The van der Waals surface area contributed by atoms with Crippen molar-refractivity contribution in [2.45, 2.75) is 31.8 Å². The normalized spacial score (nSPS) is 20.1. The second-order valence-electron chi connectivity index (χ2n) is 6.30. The maximum Gasteiger partial charge on any atom is 0.225 e. The van der Waals surface area contributed by atoms with Crippen LogP contribution >= 0.6 is 0 Å². The lowest BCUT2D eigenvalue weighted by molar-refractivity contribution is -0.119. The predicted molar refractivity (Wildman–Crippen MR) is 92.6 cm³/mol. The van der Waals surface area contributed by atoms with Crippen LogP contribution in [0.1, 0.15) is 30.7 Å². The molecule has 0 saturated carbocycles. The smallest absolute Gasteiger partial charge is 0.225 e. The molecule has 4 rings (SSSR count). The Labute approximate surface area is 140 Å². The molecule has 5 nitrogen and oxygen atoms in total. The predicted octanol–water partition coefficient (Wildman–Crippen LogP) is 3.20. The van der Waals surface area contributed by atoms with Gasteiger partial charge in [0.25, 0.3) is 0 Å². The van der Waals surface area contributed by atoms with E-state index in [1.807, 2.05) is 48.5 Å². The molecule has 1 aliphatic heterocycles. The number of primary amides is 1. The van der Waals surface area contributed by atoms with Gasteiger partial charge in [0, 0.05) is 11.7 Å². The molecule has 122 valence electrons. The number of aromatic nitrogens is 1. The van der Waals surface area contributed by atoms with Gasteiger partial charge in [0.1, 0.15) is 5.52 Å². The Morgan fingerprint density at radius 1 is 1.25 bits per heavy atom. The number of carbonyl (C=O) groups excluding carboxylic acids is 1. The highest BCUT2D eigenvalue weighted by molar-refractivity contribution is 5.85. The van der Waals surface area contributed by atoms with E-state index in [9.17, 15) is 4.79 Å². The summed E-state index contributed by atoms with van der Waals surface area (Å²) in [5, 5.41) is 0. The second kappa shape index (κ2) is 5.67. The lowest BCUT2D eigenvalue weighted by atomic mass is 9.85. The van der Waals surface area contributed by atoms with Gasteiger partial charge >= 0.3 is 0 Å². The molecule has 0 saturated heterocycles. The molecule has 0 bridgehead atoms. The Morgan fingerprint density at radius 3 is 2.79 bits per heavy atom. The van der Waals surface area contributed by atoms with Crippen LogP contribution < -0.4 is 10.6 Å². The number of para-hydroxylation sites is 3. The van der Waals surface area contributed by atoms with Crippen molar-refractivity contribution < 1.29 is 9.21 Å². The number of anilines is 1. The van der Waals surface area contributed by atoms with E-state index in [1.54, 1.807) is 0 Å². The van der Waals surface area contributed by atoms with E-state index in [4.69, 9.17) is 10.2 Å². The van der Waals surface area contributed by atoms with Gasteiger partial charge in [-0.25, -0.2) is 4.98 Å². The van der Waals surface area contributed by atoms with E-state index in [0.717, 1.165) is 22.4 Å². The average molecular weight is 321 g/mol. The van der Waals surface area contributed by atoms with Crippen LogP contribution in [0.4, 0.5) is 5.69 Å². The summed E-state index contributed by atoms with van der Waals surface area (Å²) < 4.78 is 5.86. The van der Waals surface area contributed by atoms with Gasteiger partial charge in [-0.1, -0.05) is 30.3 Å². The first kappa shape index (κ1) is 14.8. The molecule has 2 heterocycles. The Morgan fingerprint density at radius 2 is 2.00 bits per heavy atom. The minimum Gasteiger partial charge on any atom is -0.439 e. The van der Waals surface area contributed by atoms with E-state index in [0.29, 0.717) is 18.9 Å². The molecule has 1 aromatic heterocycles. The number of nitrogens with two attached hydrogens (primary N) is 1. The molecule has 2 aromatic carbocycles. The summed E-state index contributed by atoms with van der Waals surface area (Å²) in [5.74, 6) is 0.169. The Balaban J connectivity index is 1.71. The summed E-state index contributed by atoms with van der Waals surface area (Å²) in [5.41, 5.74) is 9.27. The first-order valence-corrected chi connectivity index (χ1v) is 8.13. The van der Waals surface area contributed by atoms with Crippen LogP contribution in [0.15, 0.2) is 52.9 Å². The molecule has 24 heavy (non-hydrogen) atoms. The Kier molecular flexibility index (Phi) is 3.49. The molecule has 0 aliphatic carbocycles. The highest BCUT2D eigenvalue weighted by Crippen LogP contribution is 2.39. The van der Waals surface area contributed by atoms with Crippen molar-refractivity contribution >= 4 is 22.7 Å². The maximum atomic E-state index is 11.8. The monoisotopic (exact) mass is 321 g/mol. The topological polar surface area (TPSA) is 72.4 Å². The molecule has 0 radical (unpaired) electrons. The van der Waals surface area contributed by atoms with Gasteiger partial charge in [0.05, 0.1) is 12.5 Å². The second-order valence-corrected chi connectivity index (χ2v) is 6.30. The number of amides is 1. The van der Waals surface area contributed by atoms with Crippen LogP contribution in [0.25, 0.3) is 11.1 Å². The Hall–Kier alpha value is -2.82. The fraction of sp³-hybridized carbons (Fsp3) is 0.263. The molecule has 1 aliphatic rings. The first-order valence-electron chi connectivity index (χ1n) is 8.13. The van der Waals surface area contributed by atoms with Crippen molar-refractivity contribution in [1.29, 1.82) is 0 Å². The lowest BCUT2D eigenvalue weighted by Crippen LogP contribution is -2.41.